The predicted octanol–water partition coefficient (Wildman–Crippen LogP) is 2.11. The fourth-order valence-corrected chi connectivity index (χ4v) is 1.52. The highest BCUT2D eigenvalue weighted by Crippen LogP contribution is 2.07. The van der Waals surface area contributed by atoms with E-state index in [1.807, 2.05) is 0 Å². The summed E-state index contributed by atoms with van der Waals surface area (Å²) < 4.78 is 0. The summed E-state index contributed by atoms with van der Waals surface area (Å²) in [5, 5.41) is 23.2. The van der Waals surface area contributed by atoms with Gasteiger partial charge in [0.15, 0.2) is 5.96 Å². The number of hydrogen-bond donors (Lipinski definition) is 4. The number of carboxylic acid groups (broad SMARTS) is 2. The molecule has 7 nitrogen and oxygen atoms in total. The van der Waals surface area contributed by atoms with Gasteiger partial charge in [0.05, 0.1) is 0 Å². The summed E-state index contributed by atoms with van der Waals surface area (Å²) in [6, 6.07) is 0. The number of hydrogen-bond acceptors (Lipinski definition) is 3. The largest absolute Gasteiger partial charge is 0.481 e. The van der Waals surface area contributed by atoms with E-state index in [2.05, 4.69) is 6.92 Å². The highest BCUT2D eigenvalue weighted by atomic mass is 16.4. The molecule has 0 saturated heterocycles. The number of likely N-dealkylation sites (N-methyl/N-ethyl adjacent to an activating group) is 1. The average molecular weight is 303 g/mol. The molecule has 0 aromatic rings. The normalized spacial score (nSPS) is 9.43. The molecule has 0 aliphatic carbocycles. The quantitative estimate of drug-likeness (QED) is 0.278. The first-order valence-corrected chi connectivity index (χ1v) is 7.30. The SMILES string of the molecule is CCCCCCCCCC(=O)O.CN(CC(=O)O)C(=N)N. The van der Waals surface area contributed by atoms with Crippen LogP contribution in [0.2, 0.25) is 0 Å². The summed E-state index contributed by atoms with van der Waals surface area (Å²) in [5.41, 5.74) is 4.93. The van der Waals surface area contributed by atoms with Crippen molar-refractivity contribution < 1.29 is 19.8 Å². The molecule has 0 aromatic carbocycles. The van der Waals surface area contributed by atoms with Gasteiger partial charge < -0.3 is 20.8 Å². The van der Waals surface area contributed by atoms with Crippen LogP contribution in [-0.4, -0.2) is 46.6 Å². The molecule has 21 heavy (non-hydrogen) atoms. The molecule has 0 amide bonds. The lowest BCUT2D eigenvalue weighted by atomic mass is 10.1. The maximum atomic E-state index is 10.1. The number of nitrogens with two attached hydrogens (primary N) is 1. The van der Waals surface area contributed by atoms with Crippen LogP contribution in [-0.2, 0) is 9.59 Å². The predicted molar refractivity (Wildman–Crippen MR) is 82.4 cm³/mol. The molecule has 5 N–H and O–H groups in total. The van der Waals surface area contributed by atoms with Crippen LogP contribution >= 0.6 is 0 Å². The summed E-state index contributed by atoms with van der Waals surface area (Å²) in [6.07, 6.45) is 8.64. The number of nitrogens with one attached hydrogen (secondary N) is 1. The van der Waals surface area contributed by atoms with Gasteiger partial charge in [-0.3, -0.25) is 15.0 Å². The number of nitrogens with zero attached hydrogens (tertiary/aromatic N) is 1. The van der Waals surface area contributed by atoms with Crippen molar-refractivity contribution in [3.05, 3.63) is 0 Å². The Bertz CT molecular complexity index is 309. The van der Waals surface area contributed by atoms with Crippen LogP contribution in [0, 0.1) is 5.41 Å². The molecule has 0 aromatic heterocycles. The molecule has 0 aliphatic heterocycles. The second-order valence-electron chi connectivity index (χ2n) is 4.90. The van der Waals surface area contributed by atoms with Crippen LogP contribution in [0.25, 0.3) is 0 Å². The first kappa shape index (κ1) is 21.5. The van der Waals surface area contributed by atoms with Gasteiger partial charge in [-0.25, -0.2) is 0 Å². The fraction of sp³-hybridized carbons (Fsp3) is 0.786. The highest BCUT2D eigenvalue weighted by Gasteiger charge is 2.03. The van der Waals surface area contributed by atoms with Gasteiger partial charge in [0, 0.05) is 13.5 Å². The highest BCUT2D eigenvalue weighted by molar-refractivity contribution is 5.79. The van der Waals surface area contributed by atoms with E-state index < -0.39 is 11.9 Å². The standard InChI is InChI=1S/C10H20O2.C4H9N3O2/c1-2-3-4-5-6-7-8-9-10(11)12;1-7(4(5)6)2-3(8)9/h2-9H2,1H3,(H,11,12);2H2,1H3,(H3,5,6)(H,8,9). The molecular weight excluding hydrogens is 274 g/mol. The van der Waals surface area contributed by atoms with Gasteiger partial charge in [0.25, 0.3) is 0 Å². The van der Waals surface area contributed by atoms with Crippen molar-refractivity contribution in [2.45, 2.75) is 58.3 Å². The lowest BCUT2D eigenvalue weighted by molar-refractivity contribution is -0.138. The minimum Gasteiger partial charge on any atom is -0.481 e. The first-order valence-electron chi connectivity index (χ1n) is 7.30. The van der Waals surface area contributed by atoms with Gasteiger partial charge in [0.1, 0.15) is 6.54 Å². The van der Waals surface area contributed by atoms with E-state index in [1.54, 1.807) is 0 Å². The van der Waals surface area contributed by atoms with Crippen molar-refractivity contribution in [1.29, 1.82) is 5.41 Å². The smallest absolute Gasteiger partial charge is 0.323 e. The van der Waals surface area contributed by atoms with Crippen molar-refractivity contribution >= 4 is 17.9 Å². The lowest BCUT2D eigenvalue weighted by Crippen LogP contribution is -2.36. The van der Waals surface area contributed by atoms with Gasteiger partial charge >= 0.3 is 11.9 Å². The van der Waals surface area contributed by atoms with Crippen molar-refractivity contribution in [3.8, 4) is 0 Å². The Hall–Kier alpha value is -1.79. The van der Waals surface area contributed by atoms with Gasteiger partial charge in [0.2, 0.25) is 0 Å². The Labute approximate surface area is 126 Å². The summed E-state index contributed by atoms with van der Waals surface area (Å²) >= 11 is 0. The number of guanidine groups is 1. The summed E-state index contributed by atoms with van der Waals surface area (Å²) in [7, 11) is 1.44. The van der Waals surface area contributed by atoms with E-state index in [0.29, 0.717) is 6.42 Å². The van der Waals surface area contributed by atoms with Crippen molar-refractivity contribution in [1.82, 2.24) is 4.90 Å². The molecule has 0 radical (unpaired) electrons. The topological polar surface area (TPSA) is 128 Å². The molecule has 0 aliphatic rings. The molecule has 0 atom stereocenters. The molecule has 0 heterocycles. The summed E-state index contributed by atoms with van der Waals surface area (Å²) in [6.45, 7) is 1.97. The average Bonchev–Trinajstić information content (AvgIpc) is 2.37. The van der Waals surface area contributed by atoms with Gasteiger partial charge in [-0.1, -0.05) is 45.4 Å². The van der Waals surface area contributed by atoms with E-state index in [4.69, 9.17) is 21.4 Å². The molecule has 0 fully saturated rings. The number of carboxylic acids is 2. The third-order valence-electron chi connectivity index (χ3n) is 2.78. The van der Waals surface area contributed by atoms with Crippen LogP contribution in [0.15, 0.2) is 0 Å². The number of carbonyl (C=O) groups is 2. The molecule has 0 unspecified atom stereocenters. The monoisotopic (exact) mass is 303 g/mol. The van der Waals surface area contributed by atoms with E-state index in [1.165, 1.54) is 39.2 Å². The molecule has 124 valence electrons. The van der Waals surface area contributed by atoms with E-state index >= 15 is 0 Å². The zero-order valence-corrected chi connectivity index (χ0v) is 13.1. The third-order valence-corrected chi connectivity index (χ3v) is 2.78. The Morgan fingerprint density at radius 1 is 1.00 bits per heavy atom. The van der Waals surface area contributed by atoms with Crippen LogP contribution < -0.4 is 5.73 Å². The molecule has 7 heteroatoms. The minimum absolute atomic E-state index is 0.227. The van der Waals surface area contributed by atoms with Gasteiger partial charge in [-0.15, -0.1) is 0 Å². The molecular formula is C14H29N3O4. The van der Waals surface area contributed by atoms with Gasteiger partial charge in [-0.05, 0) is 6.42 Å². The van der Waals surface area contributed by atoms with Crippen LogP contribution in [0.4, 0.5) is 0 Å². The Morgan fingerprint density at radius 2 is 1.48 bits per heavy atom. The number of rotatable bonds is 10. The maximum absolute atomic E-state index is 10.1. The van der Waals surface area contributed by atoms with Crippen LogP contribution in [0.1, 0.15) is 58.3 Å². The zero-order chi connectivity index (χ0) is 16.7. The Kier molecular flexibility index (Phi) is 15.0. The summed E-state index contributed by atoms with van der Waals surface area (Å²) in [5.74, 6) is -1.89. The Morgan fingerprint density at radius 3 is 1.81 bits per heavy atom. The van der Waals surface area contributed by atoms with Crippen molar-refractivity contribution in [2.75, 3.05) is 13.6 Å². The molecule has 0 bridgehead atoms. The second kappa shape index (κ2) is 14.6. The van der Waals surface area contributed by atoms with Crippen molar-refractivity contribution in [2.24, 2.45) is 5.73 Å². The van der Waals surface area contributed by atoms with E-state index in [9.17, 15) is 9.59 Å². The molecule has 0 rings (SSSR count). The third kappa shape index (κ3) is 20.7. The number of aliphatic carboxylic acids is 2. The maximum Gasteiger partial charge on any atom is 0.323 e. The van der Waals surface area contributed by atoms with Crippen LogP contribution in [0.3, 0.4) is 0 Å². The summed E-state index contributed by atoms with van der Waals surface area (Å²) in [4.78, 5) is 21.2. The van der Waals surface area contributed by atoms with Crippen LogP contribution in [0.5, 0.6) is 0 Å². The van der Waals surface area contributed by atoms with Gasteiger partial charge in [-0.2, -0.15) is 0 Å². The van der Waals surface area contributed by atoms with E-state index in [-0.39, 0.29) is 12.5 Å². The number of unbranched alkanes of at least 4 members (excludes halogenated alkanes) is 6. The molecule has 0 spiro atoms. The minimum atomic E-state index is -0.993. The lowest BCUT2D eigenvalue weighted by Gasteiger charge is -2.12. The molecule has 0 saturated carbocycles. The van der Waals surface area contributed by atoms with E-state index in [0.717, 1.165) is 17.7 Å². The Balaban J connectivity index is 0. The zero-order valence-electron chi connectivity index (χ0n) is 13.1. The second-order valence-corrected chi connectivity index (χ2v) is 4.90. The fourth-order valence-electron chi connectivity index (χ4n) is 1.52. The first-order chi connectivity index (χ1) is 9.81. The van der Waals surface area contributed by atoms with Crippen molar-refractivity contribution in [3.63, 3.8) is 0 Å².